The van der Waals surface area contributed by atoms with E-state index in [1.165, 1.54) is 17.5 Å². The molecule has 1 saturated carbocycles. The van der Waals surface area contributed by atoms with Crippen LogP contribution < -0.4 is 0 Å². The van der Waals surface area contributed by atoms with E-state index in [9.17, 15) is 0 Å². The van der Waals surface area contributed by atoms with Gasteiger partial charge in [0.15, 0.2) is 0 Å². The summed E-state index contributed by atoms with van der Waals surface area (Å²) in [5, 5.41) is 1.14. The Bertz CT molecular complexity index is 294. The maximum atomic E-state index is 5.08. The highest BCUT2D eigenvalue weighted by Crippen LogP contribution is 2.48. The third-order valence-electron chi connectivity index (χ3n) is 2.84. The maximum absolute atomic E-state index is 5.08. The third kappa shape index (κ3) is 2.18. The van der Waals surface area contributed by atoms with Crippen molar-refractivity contribution in [1.29, 1.82) is 0 Å². The van der Waals surface area contributed by atoms with Crippen LogP contribution in [0.15, 0.2) is 24.3 Å². The molecule has 0 aromatic heterocycles. The summed E-state index contributed by atoms with van der Waals surface area (Å²) in [7, 11) is 1.73. The highest BCUT2D eigenvalue weighted by atomic mass is 79.9. The summed E-state index contributed by atoms with van der Waals surface area (Å²) in [6.07, 6.45) is 1.34. The molecule has 0 N–H and O–H groups in total. The zero-order valence-corrected chi connectivity index (χ0v) is 9.96. The molecule has 1 aliphatic carbocycles. The molecule has 2 unspecified atom stereocenters. The molecule has 2 rings (SSSR count). The number of benzene rings is 1. The molecule has 2 atom stereocenters. The number of hydrogen-bond acceptors (Lipinski definition) is 1. The van der Waals surface area contributed by atoms with Gasteiger partial charge in [-0.15, -0.1) is 0 Å². The monoisotopic (exact) mass is 254 g/mol. The van der Waals surface area contributed by atoms with Crippen molar-refractivity contribution in [2.24, 2.45) is 5.92 Å². The van der Waals surface area contributed by atoms with Gasteiger partial charge >= 0.3 is 0 Å². The molecule has 0 saturated heterocycles. The van der Waals surface area contributed by atoms with Crippen LogP contribution in [0.4, 0.5) is 0 Å². The first kappa shape index (κ1) is 10.2. The van der Waals surface area contributed by atoms with E-state index < -0.39 is 0 Å². The Morgan fingerprint density at radius 3 is 2.57 bits per heavy atom. The molecule has 0 heterocycles. The zero-order valence-electron chi connectivity index (χ0n) is 8.37. The Labute approximate surface area is 93.6 Å². The van der Waals surface area contributed by atoms with E-state index in [0.717, 1.165) is 17.2 Å². The molecule has 0 bridgehead atoms. The summed E-state index contributed by atoms with van der Waals surface area (Å²) in [6, 6.07) is 8.81. The van der Waals surface area contributed by atoms with Gasteiger partial charge in [-0.1, -0.05) is 40.2 Å². The third-order valence-corrected chi connectivity index (χ3v) is 3.67. The first-order valence-electron chi connectivity index (χ1n) is 4.99. The Kier molecular flexibility index (Phi) is 3.24. The van der Waals surface area contributed by atoms with Crippen LogP contribution in [-0.4, -0.2) is 12.4 Å². The van der Waals surface area contributed by atoms with Gasteiger partial charge in [0.05, 0.1) is 6.61 Å². The number of ether oxygens (including phenoxy) is 1. The second kappa shape index (κ2) is 4.45. The standard InChI is InChI=1S/C12H15BrO/c1-14-8-9-2-4-10(5-3-9)12-6-11(12)7-13/h2-5,11-12H,6-8H2,1H3. The molecule has 0 amide bonds. The lowest BCUT2D eigenvalue weighted by Gasteiger charge is -2.02. The summed E-state index contributed by atoms with van der Waals surface area (Å²) in [5.74, 6) is 1.66. The molecule has 1 aliphatic rings. The van der Waals surface area contributed by atoms with Crippen LogP contribution in [0.25, 0.3) is 0 Å². The average Bonchev–Trinajstić information content (AvgIpc) is 2.99. The minimum Gasteiger partial charge on any atom is -0.380 e. The van der Waals surface area contributed by atoms with Crippen LogP contribution in [0, 0.1) is 5.92 Å². The van der Waals surface area contributed by atoms with Crippen molar-refractivity contribution in [2.75, 3.05) is 12.4 Å². The number of methoxy groups -OCH3 is 1. The Balaban J connectivity index is 2.00. The van der Waals surface area contributed by atoms with Crippen molar-refractivity contribution >= 4 is 15.9 Å². The van der Waals surface area contributed by atoms with Crippen LogP contribution in [-0.2, 0) is 11.3 Å². The maximum Gasteiger partial charge on any atom is 0.0713 e. The summed E-state index contributed by atoms with van der Waals surface area (Å²) in [5.41, 5.74) is 2.74. The minimum atomic E-state index is 0.715. The molecule has 14 heavy (non-hydrogen) atoms. The smallest absolute Gasteiger partial charge is 0.0713 e. The van der Waals surface area contributed by atoms with Crippen molar-refractivity contribution < 1.29 is 4.74 Å². The minimum absolute atomic E-state index is 0.715. The second-order valence-corrected chi connectivity index (χ2v) is 4.58. The Hall–Kier alpha value is -0.340. The van der Waals surface area contributed by atoms with Gasteiger partial charge in [-0.05, 0) is 29.4 Å². The van der Waals surface area contributed by atoms with E-state index in [0.29, 0.717) is 6.61 Å². The summed E-state index contributed by atoms with van der Waals surface area (Å²) in [4.78, 5) is 0. The van der Waals surface area contributed by atoms with Crippen LogP contribution in [0.1, 0.15) is 23.5 Å². The highest BCUT2D eigenvalue weighted by Gasteiger charge is 2.36. The van der Waals surface area contributed by atoms with E-state index in [2.05, 4.69) is 40.2 Å². The van der Waals surface area contributed by atoms with Crippen molar-refractivity contribution in [3.63, 3.8) is 0 Å². The van der Waals surface area contributed by atoms with Gasteiger partial charge in [-0.3, -0.25) is 0 Å². The van der Waals surface area contributed by atoms with Crippen LogP contribution >= 0.6 is 15.9 Å². The van der Waals surface area contributed by atoms with Gasteiger partial charge < -0.3 is 4.74 Å². The molecule has 0 radical (unpaired) electrons. The SMILES string of the molecule is COCc1ccc(C2CC2CBr)cc1. The van der Waals surface area contributed by atoms with Gasteiger partial charge in [0, 0.05) is 12.4 Å². The fourth-order valence-electron chi connectivity index (χ4n) is 1.85. The highest BCUT2D eigenvalue weighted by molar-refractivity contribution is 9.09. The van der Waals surface area contributed by atoms with Gasteiger partial charge in [-0.2, -0.15) is 0 Å². The van der Waals surface area contributed by atoms with E-state index >= 15 is 0 Å². The number of rotatable bonds is 4. The van der Waals surface area contributed by atoms with Crippen molar-refractivity contribution in [3.05, 3.63) is 35.4 Å². The summed E-state index contributed by atoms with van der Waals surface area (Å²) >= 11 is 3.53. The van der Waals surface area contributed by atoms with Gasteiger partial charge in [0.2, 0.25) is 0 Å². The average molecular weight is 255 g/mol. The molecule has 1 fully saturated rings. The van der Waals surface area contributed by atoms with E-state index in [4.69, 9.17) is 4.74 Å². The lowest BCUT2D eigenvalue weighted by Crippen LogP contribution is -1.89. The van der Waals surface area contributed by atoms with Crippen LogP contribution in [0.2, 0.25) is 0 Å². The first-order chi connectivity index (χ1) is 6.85. The van der Waals surface area contributed by atoms with Gasteiger partial charge in [-0.25, -0.2) is 0 Å². The normalized spacial score (nSPS) is 25.0. The van der Waals surface area contributed by atoms with Gasteiger partial charge in [0.25, 0.3) is 0 Å². The lowest BCUT2D eigenvalue weighted by atomic mass is 10.1. The summed E-state index contributed by atoms with van der Waals surface area (Å²) < 4.78 is 5.08. The van der Waals surface area contributed by atoms with E-state index in [-0.39, 0.29) is 0 Å². The molecular weight excluding hydrogens is 240 g/mol. The molecule has 0 spiro atoms. The lowest BCUT2D eigenvalue weighted by molar-refractivity contribution is 0.185. The predicted molar refractivity (Wildman–Crippen MR) is 61.8 cm³/mol. The number of halogens is 1. The number of alkyl halides is 1. The molecule has 76 valence electrons. The topological polar surface area (TPSA) is 9.23 Å². The Morgan fingerprint density at radius 1 is 1.36 bits per heavy atom. The molecular formula is C12H15BrO. The zero-order chi connectivity index (χ0) is 9.97. The molecule has 1 nitrogen and oxygen atoms in total. The molecule has 0 aliphatic heterocycles. The van der Waals surface area contributed by atoms with Crippen LogP contribution in [0.5, 0.6) is 0 Å². The van der Waals surface area contributed by atoms with E-state index in [1.54, 1.807) is 7.11 Å². The number of hydrogen-bond donors (Lipinski definition) is 0. The van der Waals surface area contributed by atoms with Crippen molar-refractivity contribution in [3.8, 4) is 0 Å². The van der Waals surface area contributed by atoms with Crippen molar-refractivity contribution in [2.45, 2.75) is 18.9 Å². The molecule has 1 aromatic rings. The quantitative estimate of drug-likeness (QED) is 0.750. The molecule has 2 heteroatoms. The fourth-order valence-corrected chi connectivity index (χ4v) is 2.57. The van der Waals surface area contributed by atoms with Crippen LogP contribution in [0.3, 0.4) is 0 Å². The second-order valence-electron chi connectivity index (χ2n) is 3.93. The summed E-state index contributed by atoms with van der Waals surface area (Å²) in [6.45, 7) is 0.715. The Morgan fingerprint density at radius 2 is 2.07 bits per heavy atom. The van der Waals surface area contributed by atoms with Gasteiger partial charge in [0.1, 0.15) is 0 Å². The van der Waals surface area contributed by atoms with Crippen molar-refractivity contribution in [1.82, 2.24) is 0 Å². The predicted octanol–water partition coefficient (Wildman–Crippen LogP) is 3.33. The fraction of sp³-hybridized carbons (Fsp3) is 0.500. The molecule has 1 aromatic carbocycles. The van der Waals surface area contributed by atoms with E-state index in [1.807, 2.05) is 0 Å². The first-order valence-corrected chi connectivity index (χ1v) is 6.11. The largest absolute Gasteiger partial charge is 0.380 e.